The minimum Gasteiger partial charge on any atom is -0.508 e. The van der Waals surface area contributed by atoms with Gasteiger partial charge in [-0.05, 0) is 42.3 Å². The second-order valence-electron chi connectivity index (χ2n) is 4.73. The molecule has 5 nitrogen and oxygen atoms in total. The summed E-state index contributed by atoms with van der Waals surface area (Å²) in [7, 11) is 1.51. The number of aliphatic imine (C=N–C) groups is 1. The molecule has 0 heterocycles. The van der Waals surface area contributed by atoms with Crippen molar-refractivity contribution < 1.29 is 14.6 Å². The van der Waals surface area contributed by atoms with E-state index in [9.17, 15) is 9.90 Å². The summed E-state index contributed by atoms with van der Waals surface area (Å²) in [5.41, 5.74) is 2.51. The number of carbonyl (C=O) groups is 1. The van der Waals surface area contributed by atoms with Crippen molar-refractivity contribution >= 4 is 18.0 Å². The number of nitrogens with one attached hydrogen (secondary N) is 1. The molecular formula is C17H18N2O3. The van der Waals surface area contributed by atoms with Gasteiger partial charge in [0.25, 0.3) is 0 Å². The molecule has 22 heavy (non-hydrogen) atoms. The standard InChI is InChI=1S/C17H18N2O3/c1-12-11-14(22-17(21)18-2)7-8-15(12)19-10-9-13-5-3-4-6-16(13)20/h3-8,10-11,20H,9H2,1-2H3,(H,18,21). The highest BCUT2D eigenvalue weighted by Gasteiger charge is 2.04. The Morgan fingerprint density at radius 3 is 2.77 bits per heavy atom. The predicted molar refractivity (Wildman–Crippen MR) is 86.2 cm³/mol. The molecule has 0 atom stereocenters. The van der Waals surface area contributed by atoms with Gasteiger partial charge in [-0.15, -0.1) is 0 Å². The zero-order chi connectivity index (χ0) is 15.9. The number of rotatable bonds is 4. The van der Waals surface area contributed by atoms with Crippen molar-refractivity contribution in [2.45, 2.75) is 13.3 Å². The van der Waals surface area contributed by atoms with Crippen LogP contribution in [0.25, 0.3) is 0 Å². The minimum atomic E-state index is -0.504. The van der Waals surface area contributed by atoms with E-state index in [1.54, 1.807) is 36.5 Å². The van der Waals surface area contributed by atoms with Crippen LogP contribution in [0.15, 0.2) is 47.5 Å². The van der Waals surface area contributed by atoms with E-state index in [-0.39, 0.29) is 5.75 Å². The van der Waals surface area contributed by atoms with Gasteiger partial charge in [-0.1, -0.05) is 18.2 Å². The Morgan fingerprint density at radius 1 is 1.32 bits per heavy atom. The van der Waals surface area contributed by atoms with Gasteiger partial charge in [-0.25, -0.2) is 4.79 Å². The number of para-hydroxylation sites is 1. The van der Waals surface area contributed by atoms with Crippen molar-refractivity contribution in [1.29, 1.82) is 0 Å². The van der Waals surface area contributed by atoms with E-state index >= 15 is 0 Å². The molecule has 114 valence electrons. The first-order valence-corrected chi connectivity index (χ1v) is 6.89. The molecule has 1 amide bonds. The summed E-state index contributed by atoms with van der Waals surface area (Å²) in [6, 6.07) is 12.4. The number of benzene rings is 2. The van der Waals surface area contributed by atoms with Crippen LogP contribution in [-0.4, -0.2) is 24.5 Å². The van der Waals surface area contributed by atoms with Crippen LogP contribution in [0.4, 0.5) is 10.5 Å². The average Bonchev–Trinajstić information content (AvgIpc) is 2.51. The Morgan fingerprint density at radius 2 is 2.09 bits per heavy atom. The molecule has 0 aliphatic heterocycles. The number of ether oxygens (including phenoxy) is 1. The van der Waals surface area contributed by atoms with Crippen LogP contribution in [-0.2, 0) is 6.42 Å². The number of aryl methyl sites for hydroxylation is 1. The summed E-state index contributed by atoms with van der Waals surface area (Å²) >= 11 is 0. The Balaban J connectivity index is 2.05. The van der Waals surface area contributed by atoms with E-state index in [1.807, 2.05) is 19.1 Å². The molecule has 0 bridgehead atoms. The van der Waals surface area contributed by atoms with Crippen LogP contribution >= 0.6 is 0 Å². The van der Waals surface area contributed by atoms with Crippen molar-refractivity contribution in [3.63, 3.8) is 0 Å². The summed E-state index contributed by atoms with van der Waals surface area (Å²) in [5, 5.41) is 12.1. The van der Waals surface area contributed by atoms with Gasteiger partial charge in [0, 0.05) is 19.7 Å². The van der Waals surface area contributed by atoms with Gasteiger partial charge in [0.2, 0.25) is 0 Å². The molecule has 0 saturated heterocycles. The average molecular weight is 298 g/mol. The molecule has 0 spiro atoms. The number of phenolic OH excluding ortho intramolecular Hbond substituents is 1. The van der Waals surface area contributed by atoms with Gasteiger partial charge in [-0.2, -0.15) is 0 Å². The zero-order valence-electron chi connectivity index (χ0n) is 12.5. The van der Waals surface area contributed by atoms with Gasteiger partial charge in [0.1, 0.15) is 11.5 Å². The van der Waals surface area contributed by atoms with Crippen molar-refractivity contribution in [3.8, 4) is 11.5 Å². The highest BCUT2D eigenvalue weighted by atomic mass is 16.5. The summed E-state index contributed by atoms with van der Waals surface area (Å²) < 4.78 is 5.05. The number of nitrogens with zero attached hydrogens (tertiary/aromatic N) is 1. The van der Waals surface area contributed by atoms with Gasteiger partial charge in [-0.3, -0.25) is 4.99 Å². The highest BCUT2D eigenvalue weighted by Crippen LogP contribution is 2.24. The Bertz CT molecular complexity index is 696. The third-order valence-electron chi connectivity index (χ3n) is 3.12. The lowest BCUT2D eigenvalue weighted by Gasteiger charge is -2.06. The molecule has 0 saturated carbocycles. The van der Waals surface area contributed by atoms with E-state index in [0.717, 1.165) is 16.8 Å². The monoisotopic (exact) mass is 298 g/mol. The van der Waals surface area contributed by atoms with E-state index in [1.165, 1.54) is 7.05 Å². The fourth-order valence-electron chi connectivity index (χ4n) is 1.92. The van der Waals surface area contributed by atoms with E-state index in [4.69, 9.17) is 4.74 Å². The number of aromatic hydroxyl groups is 1. The van der Waals surface area contributed by atoms with Gasteiger partial charge in [0.15, 0.2) is 0 Å². The maximum atomic E-state index is 11.2. The molecule has 2 aromatic rings. The van der Waals surface area contributed by atoms with Gasteiger partial charge in [0.05, 0.1) is 5.69 Å². The minimum absolute atomic E-state index is 0.264. The molecule has 0 radical (unpaired) electrons. The quantitative estimate of drug-likeness (QED) is 0.850. The number of carbonyl (C=O) groups excluding carboxylic acids is 1. The second kappa shape index (κ2) is 7.26. The van der Waals surface area contributed by atoms with Crippen LogP contribution in [0, 0.1) is 6.92 Å². The van der Waals surface area contributed by atoms with Crippen LogP contribution < -0.4 is 10.1 Å². The molecule has 0 aliphatic carbocycles. The van der Waals surface area contributed by atoms with Crippen molar-refractivity contribution in [2.24, 2.45) is 4.99 Å². The third-order valence-corrected chi connectivity index (χ3v) is 3.12. The maximum absolute atomic E-state index is 11.2. The summed E-state index contributed by atoms with van der Waals surface area (Å²) in [5.74, 6) is 0.733. The Labute approximate surface area is 129 Å². The summed E-state index contributed by atoms with van der Waals surface area (Å²) in [6.45, 7) is 1.89. The molecule has 0 fully saturated rings. The fourth-order valence-corrected chi connectivity index (χ4v) is 1.92. The molecule has 5 heteroatoms. The first kappa shape index (κ1) is 15.6. The smallest absolute Gasteiger partial charge is 0.412 e. The maximum Gasteiger partial charge on any atom is 0.412 e. The Hall–Kier alpha value is -2.82. The highest BCUT2D eigenvalue weighted by molar-refractivity contribution is 5.71. The van der Waals surface area contributed by atoms with Gasteiger partial charge >= 0.3 is 6.09 Å². The molecule has 2 rings (SSSR count). The first-order chi connectivity index (χ1) is 10.6. The molecule has 0 aliphatic rings. The fraction of sp³-hybridized carbons (Fsp3) is 0.176. The Kier molecular flexibility index (Phi) is 5.14. The van der Waals surface area contributed by atoms with Crippen molar-refractivity contribution in [3.05, 3.63) is 53.6 Å². The first-order valence-electron chi connectivity index (χ1n) is 6.89. The topological polar surface area (TPSA) is 70.9 Å². The zero-order valence-corrected chi connectivity index (χ0v) is 12.5. The van der Waals surface area contributed by atoms with Gasteiger partial charge < -0.3 is 15.2 Å². The SMILES string of the molecule is CNC(=O)Oc1ccc(N=CCc2ccccc2O)c(C)c1. The molecule has 2 N–H and O–H groups in total. The van der Waals surface area contributed by atoms with Crippen LogP contribution in [0.5, 0.6) is 11.5 Å². The lowest BCUT2D eigenvalue weighted by atomic mass is 10.1. The van der Waals surface area contributed by atoms with Crippen molar-refractivity contribution in [1.82, 2.24) is 5.32 Å². The second-order valence-corrected chi connectivity index (χ2v) is 4.73. The van der Waals surface area contributed by atoms with Crippen LogP contribution in [0.2, 0.25) is 0 Å². The molecule has 0 unspecified atom stereocenters. The lowest BCUT2D eigenvalue weighted by molar-refractivity contribution is 0.203. The van der Waals surface area contributed by atoms with E-state index in [2.05, 4.69) is 10.3 Å². The largest absolute Gasteiger partial charge is 0.508 e. The normalized spacial score (nSPS) is 10.6. The summed E-state index contributed by atoms with van der Waals surface area (Å²) in [6.07, 6.45) is 1.79. The lowest BCUT2D eigenvalue weighted by Crippen LogP contribution is -2.21. The number of hydrogen-bond acceptors (Lipinski definition) is 4. The number of amides is 1. The van der Waals surface area contributed by atoms with E-state index < -0.39 is 6.09 Å². The molecule has 0 aromatic heterocycles. The molecule has 2 aromatic carbocycles. The van der Waals surface area contributed by atoms with Crippen LogP contribution in [0.1, 0.15) is 11.1 Å². The summed E-state index contributed by atoms with van der Waals surface area (Å²) in [4.78, 5) is 15.5. The van der Waals surface area contributed by atoms with Crippen LogP contribution in [0.3, 0.4) is 0 Å². The predicted octanol–water partition coefficient (Wildman–Crippen LogP) is 3.36. The van der Waals surface area contributed by atoms with E-state index in [0.29, 0.717) is 12.2 Å². The number of hydrogen-bond donors (Lipinski definition) is 2. The van der Waals surface area contributed by atoms with Crippen molar-refractivity contribution in [2.75, 3.05) is 7.05 Å². The third kappa shape index (κ3) is 4.09. The number of phenols is 1. The molecular weight excluding hydrogens is 280 g/mol.